The predicted octanol–water partition coefficient (Wildman–Crippen LogP) is 7.24. The van der Waals surface area contributed by atoms with E-state index in [1.165, 1.54) is 43.9 Å². The molecule has 1 aliphatic rings. The van der Waals surface area contributed by atoms with Gasteiger partial charge in [-0.05, 0) is 61.6 Å². The van der Waals surface area contributed by atoms with Crippen molar-refractivity contribution in [2.75, 3.05) is 18.1 Å². The molecule has 0 amide bonds. The van der Waals surface area contributed by atoms with Crippen LogP contribution in [0.4, 0.5) is 5.82 Å². The van der Waals surface area contributed by atoms with Crippen LogP contribution < -0.4 is 5.32 Å². The highest BCUT2D eigenvalue weighted by Crippen LogP contribution is 2.41. The second-order valence-electron chi connectivity index (χ2n) is 9.68. The molecule has 0 aliphatic heterocycles. The number of thiazole rings is 1. The van der Waals surface area contributed by atoms with Gasteiger partial charge in [0.05, 0.1) is 15.5 Å². The Morgan fingerprint density at radius 1 is 0.944 bits per heavy atom. The summed E-state index contributed by atoms with van der Waals surface area (Å²) in [5, 5.41) is 4.42. The number of pyridine rings is 1. The van der Waals surface area contributed by atoms with Gasteiger partial charge in [-0.3, -0.25) is 0 Å². The molecule has 0 atom stereocenters. The third-order valence-corrected chi connectivity index (χ3v) is 9.05. The Labute approximate surface area is 217 Å². The van der Waals surface area contributed by atoms with Crippen LogP contribution in [0.15, 0.2) is 71.8 Å². The smallest absolute Gasteiger partial charge is 0.175 e. The standard InChI is InChI=1S/C29H31N3O2S2/c1-20-7-6-10-23(17-20)27-28(35-29(32-27)22-11-13-25(14-12-22)36(2,33)34)24-15-16-30-26(18-24)31-19-21-8-4-3-5-9-21/h6-7,10-18,21H,3-5,8-9,19H2,1-2H3,(H,30,31). The molecule has 0 saturated heterocycles. The van der Waals surface area contributed by atoms with Crippen molar-refractivity contribution in [1.82, 2.24) is 9.97 Å². The van der Waals surface area contributed by atoms with Crippen LogP contribution in [0.3, 0.4) is 0 Å². The monoisotopic (exact) mass is 517 g/mol. The van der Waals surface area contributed by atoms with Crippen molar-refractivity contribution in [3.8, 4) is 32.3 Å². The minimum atomic E-state index is -3.24. The Bertz CT molecular complexity index is 1450. The second-order valence-corrected chi connectivity index (χ2v) is 12.7. The molecule has 2 aromatic heterocycles. The summed E-state index contributed by atoms with van der Waals surface area (Å²) in [6, 6.07) is 19.5. The van der Waals surface area contributed by atoms with E-state index in [1.54, 1.807) is 23.5 Å². The van der Waals surface area contributed by atoms with Crippen molar-refractivity contribution in [2.45, 2.75) is 43.9 Å². The molecule has 1 aliphatic carbocycles. The molecule has 2 aromatic carbocycles. The number of rotatable bonds is 7. The lowest BCUT2D eigenvalue weighted by Crippen LogP contribution is -2.17. The first-order valence-corrected chi connectivity index (χ1v) is 15.2. The van der Waals surface area contributed by atoms with Crippen molar-refractivity contribution in [2.24, 2.45) is 5.92 Å². The number of anilines is 1. The molecular weight excluding hydrogens is 486 g/mol. The minimum Gasteiger partial charge on any atom is -0.370 e. The third kappa shape index (κ3) is 5.68. The van der Waals surface area contributed by atoms with Crippen molar-refractivity contribution in [1.29, 1.82) is 0 Å². The van der Waals surface area contributed by atoms with Crippen molar-refractivity contribution >= 4 is 27.0 Å². The van der Waals surface area contributed by atoms with Crippen LogP contribution >= 0.6 is 11.3 Å². The van der Waals surface area contributed by atoms with E-state index in [-0.39, 0.29) is 0 Å². The van der Waals surface area contributed by atoms with Gasteiger partial charge in [-0.1, -0.05) is 55.2 Å². The molecule has 1 N–H and O–H groups in total. The normalized spacial score (nSPS) is 14.6. The van der Waals surface area contributed by atoms with Crippen molar-refractivity contribution in [3.05, 3.63) is 72.4 Å². The number of aryl methyl sites for hydroxylation is 1. The molecular formula is C29H31N3O2S2. The summed E-state index contributed by atoms with van der Waals surface area (Å²) in [7, 11) is -3.24. The summed E-state index contributed by atoms with van der Waals surface area (Å²) in [6.45, 7) is 3.04. The Balaban J connectivity index is 1.51. The topological polar surface area (TPSA) is 72.0 Å². The lowest BCUT2D eigenvalue weighted by atomic mass is 9.89. The van der Waals surface area contributed by atoms with Crippen molar-refractivity contribution < 1.29 is 8.42 Å². The molecule has 1 fully saturated rings. The highest BCUT2D eigenvalue weighted by molar-refractivity contribution is 7.90. The van der Waals surface area contributed by atoms with Crippen LogP contribution in [0.1, 0.15) is 37.7 Å². The molecule has 5 rings (SSSR count). The van der Waals surface area contributed by atoms with Crippen LogP contribution in [-0.2, 0) is 9.84 Å². The average molecular weight is 518 g/mol. The number of hydrogen-bond donors (Lipinski definition) is 1. The van der Waals surface area contributed by atoms with Gasteiger partial charge in [0.1, 0.15) is 10.8 Å². The second kappa shape index (κ2) is 10.5. The summed E-state index contributed by atoms with van der Waals surface area (Å²) < 4.78 is 23.8. The molecule has 5 nitrogen and oxygen atoms in total. The molecule has 1 saturated carbocycles. The summed E-state index contributed by atoms with van der Waals surface area (Å²) in [5.41, 5.74) is 5.14. The van der Waals surface area contributed by atoms with Gasteiger partial charge in [-0.25, -0.2) is 18.4 Å². The molecule has 186 valence electrons. The van der Waals surface area contributed by atoms with E-state index in [4.69, 9.17) is 4.98 Å². The Morgan fingerprint density at radius 2 is 1.72 bits per heavy atom. The lowest BCUT2D eigenvalue weighted by molar-refractivity contribution is 0.373. The van der Waals surface area contributed by atoms with Gasteiger partial charge in [-0.2, -0.15) is 0 Å². The maximum absolute atomic E-state index is 11.9. The summed E-state index contributed by atoms with van der Waals surface area (Å²) >= 11 is 1.62. The van der Waals surface area contributed by atoms with Crippen LogP contribution in [0.2, 0.25) is 0 Å². The molecule has 0 radical (unpaired) electrons. The van der Waals surface area contributed by atoms with Crippen LogP contribution in [0.25, 0.3) is 32.3 Å². The van der Waals surface area contributed by atoms with Crippen LogP contribution in [0, 0.1) is 12.8 Å². The van der Waals surface area contributed by atoms with E-state index >= 15 is 0 Å². The first kappa shape index (κ1) is 24.7. The van der Waals surface area contributed by atoms with Crippen LogP contribution in [0.5, 0.6) is 0 Å². The number of nitrogens with one attached hydrogen (secondary N) is 1. The zero-order valence-corrected chi connectivity index (χ0v) is 22.3. The lowest BCUT2D eigenvalue weighted by Gasteiger charge is -2.22. The van der Waals surface area contributed by atoms with Gasteiger partial charge < -0.3 is 5.32 Å². The average Bonchev–Trinajstić information content (AvgIpc) is 3.34. The maximum Gasteiger partial charge on any atom is 0.175 e. The Morgan fingerprint density at radius 3 is 2.44 bits per heavy atom. The Kier molecular flexibility index (Phi) is 7.21. The summed E-state index contributed by atoms with van der Waals surface area (Å²) in [6.07, 6.45) is 9.68. The zero-order valence-electron chi connectivity index (χ0n) is 20.7. The SMILES string of the molecule is Cc1cccc(-c2nc(-c3ccc(S(C)(=O)=O)cc3)sc2-c2ccnc(NCC3CCCCC3)c2)c1. The maximum atomic E-state index is 11.9. The van der Waals surface area contributed by atoms with E-state index in [0.29, 0.717) is 4.90 Å². The molecule has 0 spiro atoms. The van der Waals surface area contributed by atoms with Gasteiger partial charge in [0.15, 0.2) is 9.84 Å². The van der Waals surface area contributed by atoms with E-state index in [2.05, 4.69) is 47.6 Å². The van der Waals surface area contributed by atoms with Gasteiger partial charge >= 0.3 is 0 Å². The number of nitrogens with zero attached hydrogens (tertiary/aromatic N) is 2. The Hall–Kier alpha value is -3.03. The summed E-state index contributed by atoms with van der Waals surface area (Å²) in [5.74, 6) is 1.61. The number of hydrogen-bond acceptors (Lipinski definition) is 6. The fraction of sp³-hybridized carbons (Fsp3) is 0.310. The molecule has 0 bridgehead atoms. The highest BCUT2D eigenvalue weighted by atomic mass is 32.2. The molecule has 36 heavy (non-hydrogen) atoms. The minimum absolute atomic E-state index is 0.310. The molecule has 4 aromatic rings. The fourth-order valence-electron chi connectivity index (χ4n) is 4.78. The fourth-order valence-corrected chi connectivity index (χ4v) is 6.50. The van der Waals surface area contributed by atoms with Crippen LogP contribution in [-0.4, -0.2) is 31.2 Å². The quantitative estimate of drug-likeness (QED) is 0.280. The van der Waals surface area contributed by atoms with Gasteiger partial charge in [0.2, 0.25) is 0 Å². The number of benzene rings is 2. The zero-order chi connectivity index (χ0) is 25.1. The molecule has 2 heterocycles. The van der Waals surface area contributed by atoms with Gasteiger partial charge in [-0.15, -0.1) is 11.3 Å². The van der Waals surface area contributed by atoms with E-state index in [1.807, 2.05) is 24.4 Å². The summed E-state index contributed by atoms with van der Waals surface area (Å²) in [4.78, 5) is 11.0. The first-order chi connectivity index (χ1) is 17.4. The van der Waals surface area contributed by atoms with Crippen molar-refractivity contribution in [3.63, 3.8) is 0 Å². The third-order valence-electron chi connectivity index (χ3n) is 6.77. The number of aromatic nitrogens is 2. The van der Waals surface area contributed by atoms with E-state index in [0.717, 1.165) is 50.5 Å². The van der Waals surface area contributed by atoms with E-state index < -0.39 is 9.84 Å². The van der Waals surface area contributed by atoms with Gasteiger partial charge in [0.25, 0.3) is 0 Å². The van der Waals surface area contributed by atoms with Gasteiger partial charge in [0, 0.05) is 30.1 Å². The predicted molar refractivity (Wildman–Crippen MR) is 149 cm³/mol. The largest absolute Gasteiger partial charge is 0.370 e. The molecule has 7 heteroatoms. The molecule has 0 unspecified atom stereocenters. The van der Waals surface area contributed by atoms with E-state index in [9.17, 15) is 8.42 Å². The highest BCUT2D eigenvalue weighted by Gasteiger charge is 2.18. The first-order valence-electron chi connectivity index (χ1n) is 12.5. The number of sulfone groups is 1.